The Morgan fingerprint density at radius 3 is 2.67 bits per heavy atom. The Hall–Kier alpha value is -1.95. The van der Waals surface area contributed by atoms with Crippen LogP contribution >= 0.6 is 0 Å². The first-order valence-electron chi connectivity index (χ1n) is 7.13. The highest BCUT2D eigenvalue weighted by Gasteiger charge is 2.30. The predicted molar refractivity (Wildman–Crippen MR) is 80.1 cm³/mol. The van der Waals surface area contributed by atoms with E-state index < -0.39 is 4.92 Å². The first kappa shape index (κ1) is 15.4. The molecule has 1 aromatic rings. The largest absolute Gasteiger partial charge is 0.342 e. The maximum atomic E-state index is 12.3. The molecule has 0 saturated carbocycles. The van der Waals surface area contributed by atoms with Crippen molar-refractivity contribution >= 4 is 11.6 Å². The number of nitrogens with zero attached hydrogens (tertiary/aromatic N) is 2. The highest BCUT2D eigenvalue weighted by atomic mass is 16.6. The van der Waals surface area contributed by atoms with E-state index in [-0.39, 0.29) is 23.6 Å². The molecule has 0 unspecified atom stereocenters. The van der Waals surface area contributed by atoms with E-state index >= 15 is 0 Å². The van der Waals surface area contributed by atoms with Gasteiger partial charge in [0.05, 0.1) is 11.3 Å². The summed E-state index contributed by atoms with van der Waals surface area (Å²) in [6.45, 7) is 3.62. The second kappa shape index (κ2) is 6.22. The number of amides is 1. The van der Waals surface area contributed by atoms with Gasteiger partial charge in [-0.3, -0.25) is 14.9 Å². The third kappa shape index (κ3) is 3.78. The highest BCUT2D eigenvalue weighted by molar-refractivity contribution is 5.79. The minimum absolute atomic E-state index is 0.0294. The normalized spacial score (nSPS) is 17.5. The number of hydrogen-bond acceptors (Lipinski definition) is 4. The van der Waals surface area contributed by atoms with Crippen LogP contribution in [0.2, 0.25) is 0 Å². The summed E-state index contributed by atoms with van der Waals surface area (Å²) in [5, 5.41) is 14.0. The SMILES string of the molecule is CNC1(C)CCN(C(=O)Cc2cccc([N+](=O)[O-])c2)CC1. The van der Waals surface area contributed by atoms with Crippen molar-refractivity contribution in [3.8, 4) is 0 Å². The summed E-state index contributed by atoms with van der Waals surface area (Å²) in [5.74, 6) is 0.0358. The molecule has 0 atom stereocenters. The molecule has 0 bridgehead atoms. The van der Waals surface area contributed by atoms with E-state index in [1.807, 2.05) is 11.9 Å². The van der Waals surface area contributed by atoms with Gasteiger partial charge < -0.3 is 10.2 Å². The second-order valence-corrected chi connectivity index (χ2v) is 5.80. The van der Waals surface area contributed by atoms with Crippen molar-refractivity contribution in [3.05, 3.63) is 39.9 Å². The maximum Gasteiger partial charge on any atom is 0.269 e. The quantitative estimate of drug-likeness (QED) is 0.677. The number of benzene rings is 1. The lowest BCUT2D eigenvalue weighted by Gasteiger charge is -2.39. The summed E-state index contributed by atoms with van der Waals surface area (Å²) in [5.41, 5.74) is 0.820. The van der Waals surface area contributed by atoms with E-state index in [2.05, 4.69) is 12.2 Å². The van der Waals surface area contributed by atoms with Gasteiger partial charge in [0.1, 0.15) is 0 Å². The molecule has 1 saturated heterocycles. The van der Waals surface area contributed by atoms with Crippen LogP contribution in [0.5, 0.6) is 0 Å². The topological polar surface area (TPSA) is 75.5 Å². The van der Waals surface area contributed by atoms with Crippen molar-refractivity contribution in [3.63, 3.8) is 0 Å². The first-order chi connectivity index (χ1) is 9.93. The summed E-state index contributed by atoms with van der Waals surface area (Å²) in [7, 11) is 1.95. The van der Waals surface area contributed by atoms with Crippen molar-refractivity contribution in [1.29, 1.82) is 0 Å². The monoisotopic (exact) mass is 291 g/mol. The lowest BCUT2D eigenvalue weighted by Crippen LogP contribution is -2.51. The van der Waals surface area contributed by atoms with Crippen LogP contribution in [0, 0.1) is 10.1 Å². The lowest BCUT2D eigenvalue weighted by molar-refractivity contribution is -0.384. The van der Waals surface area contributed by atoms with E-state index in [0.717, 1.165) is 25.9 Å². The molecular formula is C15H21N3O3. The summed E-state index contributed by atoms with van der Waals surface area (Å²) in [4.78, 5) is 24.4. The zero-order valence-electron chi connectivity index (χ0n) is 12.5. The summed E-state index contributed by atoms with van der Waals surface area (Å²) in [6, 6.07) is 6.29. The molecule has 0 spiro atoms. The van der Waals surface area contributed by atoms with Crippen LogP contribution in [-0.4, -0.2) is 41.4 Å². The average molecular weight is 291 g/mol. The molecule has 0 radical (unpaired) electrons. The predicted octanol–water partition coefficient (Wildman–Crippen LogP) is 1.74. The minimum Gasteiger partial charge on any atom is -0.342 e. The average Bonchev–Trinajstić information content (AvgIpc) is 2.48. The molecule has 1 heterocycles. The van der Waals surface area contributed by atoms with Crippen LogP contribution in [-0.2, 0) is 11.2 Å². The van der Waals surface area contributed by atoms with E-state index in [4.69, 9.17) is 0 Å². The zero-order valence-corrected chi connectivity index (χ0v) is 12.5. The van der Waals surface area contributed by atoms with E-state index in [1.54, 1.807) is 12.1 Å². The molecule has 1 N–H and O–H groups in total. The molecule has 2 rings (SSSR count). The first-order valence-corrected chi connectivity index (χ1v) is 7.13. The minimum atomic E-state index is -0.437. The number of piperidine rings is 1. The van der Waals surface area contributed by atoms with Gasteiger partial charge in [-0.2, -0.15) is 0 Å². The fourth-order valence-electron chi connectivity index (χ4n) is 2.57. The molecule has 6 nitrogen and oxygen atoms in total. The summed E-state index contributed by atoms with van der Waals surface area (Å²) >= 11 is 0. The molecule has 21 heavy (non-hydrogen) atoms. The molecule has 0 aliphatic carbocycles. The van der Waals surface area contributed by atoms with Gasteiger partial charge in [-0.15, -0.1) is 0 Å². The second-order valence-electron chi connectivity index (χ2n) is 5.80. The maximum absolute atomic E-state index is 12.3. The van der Waals surface area contributed by atoms with Crippen molar-refractivity contribution in [2.24, 2.45) is 0 Å². The third-order valence-corrected chi connectivity index (χ3v) is 4.30. The van der Waals surface area contributed by atoms with E-state index in [1.165, 1.54) is 12.1 Å². The van der Waals surface area contributed by atoms with Gasteiger partial charge in [-0.25, -0.2) is 0 Å². The van der Waals surface area contributed by atoms with Crippen LogP contribution in [0.15, 0.2) is 24.3 Å². The van der Waals surface area contributed by atoms with Gasteiger partial charge >= 0.3 is 0 Å². The van der Waals surface area contributed by atoms with Crippen LogP contribution in [0.3, 0.4) is 0 Å². The van der Waals surface area contributed by atoms with E-state index in [0.29, 0.717) is 5.56 Å². The van der Waals surface area contributed by atoms with E-state index in [9.17, 15) is 14.9 Å². The van der Waals surface area contributed by atoms with Crippen LogP contribution < -0.4 is 5.32 Å². The van der Waals surface area contributed by atoms with Gasteiger partial charge in [0.15, 0.2) is 0 Å². The smallest absolute Gasteiger partial charge is 0.269 e. The number of carbonyl (C=O) groups excluding carboxylic acids is 1. The fraction of sp³-hybridized carbons (Fsp3) is 0.533. The van der Waals surface area contributed by atoms with Crippen molar-refractivity contribution < 1.29 is 9.72 Å². The van der Waals surface area contributed by atoms with Gasteiger partial charge in [-0.1, -0.05) is 12.1 Å². The summed E-state index contributed by atoms with van der Waals surface area (Å²) < 4.78 is 0. The van der Waals surface area contributed by atoms with Gasteiger partial charge in [0.25, 0.3) is 5.69 Å². The number of nitrogens with one attached hydrogen (secondary N) is 1. The number of non-ortho nitro benzene ring substituents is 1. The number of hydrogen-bond donors (Lipinski definition) is 1. The Balaban J connectivity index is 1.96. The molecule has 1 aliphatic rings. The Labute approximate surface area is 124 Å². The molecular weight excluding hydrogens is 270 g/mol. The van der Waals surface area contributed by atoms with Crippen LogP contribution in [0.4, 0.5) is 5.69 Å². The molecule has 1 amide bonds. The molecule has 0 aromatic heterocycles. The van der Waals surface area contributed by atoms with Crippen molar-refractivity contribution in [2.45, 2.75) is 31.7 Å². The highest BCUT2D eigenvalue weighted by Crippen LogP contribution is 2.22. The van der Waals surface area contributed by atoms with Gasteiger partial charge in [0, 0.05) is 30.8 Å². The Bertz CT molecular complexity index is 537. The third-order valence-electron chi connectivity index (χ3n) is 4.30. The van der Waals surface area contributed by atoms with Crippen LogP contribution in [0.1, 0.15) is 25.3 Å². The Kier molecular flexibility index (Phi) is 4.57. The van der Waals surface area contributed by atoms with Crippen molar-refractivity contribution in [2.75, 3.05) is 20.1 Å². The van der Waals surface area contributed by atoms with Crippen LogP contribution in [0.25, 0.3) is 0 Å². The Morgan fingerprint density at radius 1 is 1.43 bits per heavy atom. The number of likely N-dealkylation sites (tertiary alicyclic amines) is 1. The molecule has 6 heteroatoms. The molecule has 114 valence electrons. The molecule has 1 aliphatic heterocycles. The number of rotatable bonds is 4. The standard InChI is InChI=1S/C15H21N3O3/c1-15(16-2)6-8-17(9-7-15)14(19)11-12-4-3-5-13(10-12)18(20)21/h3-5,10,16H,6-9,11H2,1-2H3. The zero-order chi connectivity index (χ0) is 15.5. The summed E-state index contributed by atoms with van der Waals surface area (Å²) in [6.07, 6.45) is 2.06. The van der Waals surface area contributed by atoms with Gasteiger partial charge in [0.2, 0.25) is 5.91 Å². The molecule has 1 aromatic carbocycles. The fourth-order valence-corrected chi connectivity index (χ4v) is 2.57. The Morgan fingerprint density at radius 2 is 2.10 bits per heavy atom. The number of nitro groups is 1. The van der Waals surface area contributed by atoms with Crippen molar-refractivity contribution in [1.82, 2.24) is 10.2 Å². The van der Waals surface area contributed by atoms with Gasteiger partial charge in [-0.05, 0) is 32.4 Å². The lowest BCUT2D eigenvalue weighted by atomic mass is 9.89. The number of nitro benzene ring substituents is 1. The number of carbonyl (C=O) groups is 1. The molecule has 1 fully saturated rings.